The van der Waals surface area contributed by atoms with Crippen LogP contribution in [0, 0.1) is 11.6 Å². The number of amides is 1. The molecule has 0 spiro atoms. The minimum absolute atomic E-state index is 0.0717. The van der Waals surface area contributed by atoms with Crippen LogP contribution in [0.25, 0.3) is 0 Å². The number of hydrogen-bond donors (Lipinski definition) is 1. The smallest absolute Gasteiger partial charge is 0.325 e. The Labute approximate surface area is 139 Å². The van der Waals surface area contributed by atoms with Crippen molar-refractivity contribution in [1.29, 1.82) is 0 Å². The molecule has 0 atom stereocenters. The quantitative estimate of drug-likeness (QED) is 0.806. The highest BCUT2D eigenvalue weighted by molar-refractivity contribution is 9.10. The van der Waals surface area contributed by atoms with E-state index in [1.165, 1.54) is 12.1 Å². The van der Waals surface area contributed by atoms with Crippen LogP contribution in [-0.4, -0.2) is 18.4 Å². The first-order valence-electron chi connectivity index (χ1n) is 6.59. The second-order valence-electron chi connectivity index (χ2n) is 4.56. The molecule has 0 aliphatic rings. The molecule has 1 N–H and O–H groups in total. The summed E-state index contributed by atoms with van der Waals surface area (Å²) in [6, 6.07) is 10.2. The molecule has 2 aromatic carbocycles. The Kier molecular flexibility index (Phi) is 5.81. The summed E-state index contributed by atoms with van der Waals surface area (Å²) in [5.74, 6) is -3.26. The molecule has 0 heterocycles. The third-order valence-electron chi connectivity index (χ3n) is 2.92. The molecule has 23 heavy (non-hydrogen) atoms. The SMILES string of the molecule is O=C(CNC(=O)c1ccc(Br)cc1)OCc1cccc(F)c1F. The van der Waals surface area contributed by atoms with Crippen molar-refractivity contribution in [1.82, 2.24) is 5.32 Å². The van der Waals surface area contributed by atoms with E-state index in [0.717, 1.165) is 10.5 Å². The normalized spacial score (nSPS) is 10.2. The molecule has 0 aliphatic carbocycles. The Morgan fingerprint density at radius 1 is 1.09 bits per heavy atom. The van der Waals surface area contributed by atoms with E-state index < -0.39 is 30.1 Å². The van der Waals surface area contributed by atoms with E-state index in [4.69, 9.17) is 4.74 Å². The predicted octanol–water partition coefficient (Wildman–Crippen LogP) is 3.20. The van der Waals surface area contributed by atoms with Crippen LogP contribution in [0.15, 0.2) is 46.9 Å². The number of nitrogens with one attached hydrogen (secondary N) is 1. The molecule has 2 rings (SSSR count). The molecule has 0 aromatic heterocycles. The molecule has 120 valence electrons. The van der Waals surface area contributed by atoms with Gasteiger partial charge in [0.05, 0.1) is 0 Å². The molecule has 0 saturated carbocycles. The zero-order valence-corrected chi connectivity index (χ0v) is 13.4. The van der Waals surface area contributed by atoms with Crippen LogP contribution < -0.4 is 5.32 Å². The van der Waals surface area contributed by atoms with Gasteiger partial charge in [-0.25, -0.2) is 8.78 Å². The number of esters is 1. The van der Waals surface area contributed by atoms with E-state index in [1.807, 2.05) is 0 Å². The van der Waals surface area contributed by atoms with Gasteiger partial charge in [0.15, 0.2) is 11.6 Å². The van der Waals surface area contributed by atoms with Crippen molar-refractivity contribution in [3.63, 3.8) is 0 Å². The number of carbonyl (C=O) groups excluding carboxylic acids is 2. The number of rotatable bonds is 5. The van der Waals surface area contributed by atoms with Crippen LogP contribution in [0.2, 0.25) is 0 Å². The van der Waals surface area contributed by atoms with Gasteiger partial charge in [-0.2, -0.15) is 0 Å². The Balaban J connectivity index is 1.82. The second-order valence-corrected chi connectivity index (χ2v) is 5.48. The largest absolute Gasteiger partial charge is 0.459 e. The first-order valence-corrected chi connectivity index (χ1v) is 7.39. The molecule has 7 heteroatoms. The van der Waals surface area contributed by atoms with Crippen LogP contribution in [0.5, 0.6) is 0 Å². The lowest BCUT2D eigenvalue weighted by molar-refractivity contribution is -0.143. The zero-order chi connectivity index (χ0) is 16.8. The van der Waals surface area contributed by atoms with E-state index in [2.05, 4.69) is 21.2 Å². The molecule has 4 nitrogen and oxygen atoms in total. The van der Waals surface area contributed by atoms with Gasteiger partial charge in [0, 0.05) is 15.6 Å². The van der Waals surface area contributed by atoms with Crippen molar-refractivity contribution in [3.05, 3.63) is 69.7 Å². The minimum Gasteiger partial charge on any atom is -0.459 e. The van der Waals surface area contributed by atoms with E-state index in [9.17, 15) is 18.4 Å². The molecule has 0 unspecified atom stereocenters. The maximum Gasteiger partial charge on any atom is 0.325 e. The van der Waals surface area contributed by atoms with Crippen LogP contribution in [-0.2, 0) is 16.1 Å². The third-order valence-corrected chi connectivity index (χ3v) is 3.45. The van der Waals surface area contributed by atoms with Crippen molar-refractivity contribution in [2.75, 3.05) is 6.54 Å². The van der Waals surface area contributed by atoms with E-state index in [0.29, 0.717) is 5.56 Å². The lowest BCUT2D eigenvalue weighted by atomic mass is 10.2. The number of benzene rings is 2. The molecule has 0 aliphatic heterocycles. The van der Waals surface area contributed by atoms with Gasteiger partial charge in [-0.3, -0.25) is 9.59 Å². The summed E-state index contributed by atoms with van der Waals surface area (Å²) in [4.78, 5) is 23.3. The standard InChI is InChI=1S/C16H12BrF2NO3/c17-12-6-4-10(5-7-12)16(22)20-8-14(21)23-9-11-2-1-3-13(18)15(11)19/h1-7H,8-9H2,(H,20,22). The molecule has 0 fully saturated rings. The van der Waals surface area contributed by atoms with Gasteiger partial charge in [-0.05, 0) is 30.3 Å². The van der Waals surface area contributed by atoms with Gasteiger partial charge in [-0.15, -0.1) is 0 Å². The van der Waals surface area contributed by atoms with Crippen molar-refractivity contribution in [2.24, 2.45) is 0 Å². The molecular weight excluding hydrogens is 372 g/mol. The van der Waals surface area contributed by atoms with Gasteiger partial charge in [0.25, 0.3) is 5.91 Å². The summed E-state index contributed by atoms with van der Waals surface area (Å²) in [6.07, 6.45) is 0. The summed E-state index contributed by atoms with van der Waals surface area (Å²) in [7, 11) is 0. The Bertz CT molecular complexity index is 720. The zero-order valence-electron chi connectivity index (χ0n) is 11.8. The first-order chi connectivity index (χ1) is 11.0. The third kappa shape index (κ3) is 4.85. The second kappa shape index (κ2) is 7.82. The fraction of sp³-hybridized carbons (Fsp3) is 0.125. The number of carbonyl (C=O) groups is 2. The monoisotopic (exact) mass is 383 g/mol. The molecule has 0 saturated heterocycles. The van der Waals surface area contributed by atoms with Gasteiger partial charge in [-0.1, -0.05) is 28.1 Å². The Morgan fingerprint density at radius 3 is 2.48 bits per heavy atom. The van der Waals surface area contributed by atoms with Crippen LogP contribution in [0.1, 0.15) is 15.9 Å². The predicted molar refractivity (Wildman–Crippen MR) is 82.6 cm³/mol. The van der Waals surface area contributed by atoms with Crippen molar-refractivity contribution >= 4 is 27.8 Å². The summed E-state index contributed by atoms with van der Waals surface area (Å²) in [6.45, 7) is -0.775. The summed E-state index contributed by atoms with van der Waals surface area (Å²) >= 11 is 3.25. The first kappa shape index (κ1) is 17.1. The molecular formula is C16H12BrF2NO3. The number of hydrogen-bond acceptors (Lipinski definition) is 3. The summed E-state index contributed by atoms with van der Waals surface area (Å²) < 4.78 is 32.0. The van der Waals surface area contributed by atoms with Gasteiger partial charge in [0.2, 0.25) is 0 Å². The molecule has 0 bridgehead atoms. The van der Waals surface area contributed by atoms with Crippen LogP contribution in [0.4, 0.5) is 8.78 Å². The Morgan fingerprint density at radius 2 is 1.78 bits per heavy atom. The highest BCUT2D eigenvalue weighted by atomic mass is 79.9. The van der Waals surface area contributed by atoms with Gasteiger partial charge < -0.3 is 10.1 Å². The minimum atomic E-state index is -1.06. The van der Waals surface area contributed by atoms with Gasteiger partial charge in [0.1, 0.15) is 13.2 Å². The highest BCUT2D eigenvalue weighted by Gasteiger charge is 2.12. The van der Waals surface area contributed by atoms with Crippen molar-refractivity contribution in [2.45, 2.75) is 6.61 Å². The van der Waals surface area contributed by atoms with Crippen molar-refractivity contribution in [3.8, 4) is 0 Å². The van der Waals surface area contributed by atoms with E-state index in [-0.39, 0.29) is 12.1 Å². The van der Waals surface area contributed by atoms with Crippen LogP contribution >= 0.6 is 15.9 Å². The maximum atomic E-state index is 13.4. The lowest BCUT2D eigenvalue weighted by Crippen LogP contribution is -2.30. The summed E-state index contributed by atoms with van der Waals surface area (Å²) in [5.41, 5.74) is 0.315. The van der Waals surface area contributed by atoms with Crippen molar-refractivity contribution < 1.29 is 23.1 Å². The molecule has 1 amide bonds. The fourth-order valence-corrected chi connectivity index (χ4v) is 1.99. The molecule has 2 aromatic rings. The average molecular weight is 384 g/mol. The fourth-order valence-electron chi connectivity index (χ4n) is 1.72. The number of ether oxygens (including phenoxy) is 1. The maximum absolute atomic E-state index is 13.4. The highest BCUT2D eigenvalue weighted by Crippen LogP contribution is 2.12. The summed E-state index contributed by atoms with van der Waals surface area (Å²) in [5, 5.41) is 2.38. The lowest BCUT2D eigenvalue weighted by Gasteiger charge is -2.07. The topological polar surface area (TPSA) is 55.4 Å². The van der Waals surface area contributed by atoms with Crippen LogP contribution in [0.3, 0.4) is 0 Å². The molecule has 0 radical (unpaired) electrons. The average Bonchev–Trinajstić information content (AvgIpc) is 2.54. The van der Waals surface area contributed by atoms with E-state index >= 15 is 0 Å². The van der Waals surface area contributed by atoms with E-state index in [1.54, 1.807) is 24.3 Å². The number of halogens is 3. The van der Waals surface area contributed by atoms with Gasteiger partial charge >= 0.3 is 5.97 Å². The Hall–Kier alpha value is -2.28.